The molecule has 0 aliphatic heterocycles. The summed E-state index contributed by atoms with van der Waals surface area (Å²) in [7, 11) is 0. The van der Waals surface area contributed by atoms with E-state index in [9.17, 15) is 0 Å². The summed E-state index contributed by atoms with van der Waals surface area (Å²) in [6.07, 6.45) is 0. The third-order valence-corrected chi connectivity index (χ3v) is 4.25. The topological polar surface area (TPSA) is 0 Å². The molecule has 1 rings (SSSR count). The predicted molar refractivity (Wildman–Crippen MR) is 65.1 cm³/mol. The standard InChI is InChI=1S/C8H4Cl6/c9-6-3-1-5(2-4-6)7(10,11)8(12,13)14/h1-4H. The van der Waals surface area contributed by atoms with Gasteiger partial charge in [0.1, 0.15) is 0 Å². The van der Waals surface area contributed by atoms with Crippen molar-refractivity contribution in [1.29, 1.82) is 0 Å². The molecule has 0 amide bonds. The maximum atomic E-state index is 5.92. The molecule has 6 heteroatoms. The van der Waals surface area contributed by atoms with Crippen LogP contribution in [0.4, 0.5) is 0 Å². The Balaban J connectivity index is 3.10. The highest BCUT2D eigenvalue weighted by Crippen LogP contribution is 2.52. The van der Waals surface area contributed by atoms with Crippen molar-refractivity contribution in [3.8, 4) is 0 Å². The highest BCUT2D eigenvalue weighted by Gasteiger charge is 2.47. The lowest BCUT2D eigenvalue weighted by molar-refractivity contribution is 0.878. The molecule has 0 fully saturated rings. The molecule has 14 heavy (non-hydrogen) atoms. The van der Waals surface area contributed by atoms with Gasteiger partial charge in [0.05, 0.1) is 0 Å². The summed E-state index contributed by atoms with van der Waals surface area (Å²) in [6.45, 7) is 0. The zero-order valence-corrected chi connectivity index (χ0v) is 11.1. The smallest absolute Gasteiger partial charge is 0.0915 e. The number of hydrogen-bond acceptors (Lipinski definition) is 0. The van der Waals surface area contributed by atoms with E-state index in [1.54, 1.807) is 24.3 Å². The molecule has 0 saturated carbocycles. The first-order chi connectivity index (χ1) is 6.25. The minimum Gasteiger partial charge on any atom is -0.0915 e. The lowest BCUT2D eigenvalue weighted by atomic mass is 10.1. The Labute approximate surface area is 112 Å². The van der Waals surface area contributed by atoms with E-state index < -0.39 is 8.13 Å². The van der Waals surface area contributed by atoms with Crippen LogP contribution in [0.3, 0.4) is 0 Å². The molecule has 0 radical (unpaired) electrons. The molecule has 0 saturated heterocycles. The molecule has 1 aromatic carbocycles. The van der Waals surface area contributed by atoms with E-state index in [1.165, 1.54) is 0 Å². The van der Waals surface area contributed by atoms with Gasteiger partial charge in [0.15, 0.2) is 4.33 Å². The molecule has 0 N–H and O–H groups in total. The Morgan fingerprint density at radius 3 is 1.57 bits per heavy atom. The molecule has 0 bridgehead atoms. The lowest BCUT2D eigenvalue weighted by Crippen LogP contribution is -2.28. The van der Waals surface area contributed by atoms with E-state index in [4.69, 9.17) is 69.6 Å². The number of benzene rings is 1. The molecule has 78 valence electrons. The van der Waals surface area contributed by atoms with Crippen LogP contribution in [0.1, 0.15) is 5.56 Å². The molecule has 0 aliphatic carbocycles. The summed E-state index contributed by atoms with van der Waals surface area (Å²) in [5, 5.41) is 0.558. The fourth-order valence-corrected chi connectivity index (χ4v) is 1.53. The number of halogens is 6. The summed E-state index contributed by atoms with van der Waals surface area (Å²) in [6, 6.07) is 6.44. The van der Waals surface area contributed by atoms with E-state index in [0.29, 0.717) is 10.6 Å². The van der Waals surface area contributed by atoms with E-state index in [-0.39, 0.29) is 0 Å². The van der Waals surface area contributed by atoms with Gasteiger partial charge in [-0.2, -0.15) is 0 Å². The molecule has 0 aliphatic rings. The van der Waals surface area contributed by atoms with Crippen LogP contribution in [0.5, 0.6) is 0 Å². The van der Waals surface area contributed by atoms with Crippen LogP contribution >= 0.6 is 69.6 Å². The Morgan fingerprint density at radius 1 is 0.786 bits per heavy atom. The van der Waals surface area contributed by atoms with Crippen molar-refractivity contribution in [2.24, 2.45) is 0 Å². The van der Waals surface area contributed by atoms with Gasteiger partial charge in [0.2, 0.25) is 3.79 Å². The highest BCUT2D eigenvalue weighted by molar-refractivity contribution is 6.75. The van der Waals surface area contributed by atoms with Gasteiger partial charge in [0, 0.05) is 5.02 Å². The minimum absolute atomic E-state index is 0.477. The zero-order valence-electron chi connectivity index (χ0n) is 6.58. The van der Waals surface area contributed by atoms with E-state index >= 15 is 0 Å². The summed E-state index contributed by atoms with van der Waals surface area (Å²) in [5.74, 6) is 0. The Kier molecular flexibility index (Phi) is 4.14. The van der Waals surface area contributed by atoms with Crippen molar-refractivity contribution >= 4 is 69.6 Å². The molecule has 1 aromatic rings. The number of alkyl halides is 5. The normalized spacial score (nSPS) is 13.0. The molecule has 0 nitrogen and oxygen atoms in total. The maximum absolute atomic E-state index is 5.92. The second kappa shape index (κ2) is 4.45. The van der Waals surface area contributed by atoms with E-state index in [2.05, 4.69) is 0 Å². The van der Waals surface area contributed by atoms with Gasteiger partial charge < -0.3 is 0 Å². The first-order valence-corrected chi connectivity index (χ1v) is 5.72. The molecular weight excluding hydrogens is 309 g/mol. The third kappa shape index (κ3) is 2.75. The largest absolute Gasteiger partial charge is 0.227 e. The van der Waals surface area contributed by atoms with Crippen LogP contribution in [0.25, 0.3) is 0 Å². The van der Waals surface area contributed by atoms with Crippen molar-refractivity contribution in [1.82, 2.24) is 0 Å². The molecule has 0 heterocycles. The van der Waals surface area contributed by atoms with Gasteiger partial charge >= 0.3 is 0 Å². The van der Waals surface area contributed by atoms with E-state index in [1.807, 2.05) is 0 Å². The van der Waals surface area contributed by atoms with Crippen LogP contribution in [-0.2, 0) is 4.33 Å². The van der Waals surface area contributed by atoms with Crippen molar-refractivity contribution in [3.63, 3.8) is 0 Å². The molecule has 0 aromatic heterocycles. The first kappa shape index (κ1) is 13.0. The van der Waals surface area contributed by atoms with E-state index in [0.717, 1.165) is 0 Å². The average molecular weight is 313 g/mol. The number of rotatable bonds is 1. The minimum atomic E-state index is -1.80. The van der Waals surface area contributed by atoms with Gasteiger partial charge in [0.25, 0.3) is 0 Å². The Bertz CT molecular complexity index is 310. The van der Waals surface area contributed by atoms with Crippen molar-refractivity contribution < 1.29 is 0 Å². The summed E-state index contributed by atoms with van der Waals surface area (Å²) in [4.78, 5) is 0. The summed E-state index contributed by atoms with van der Waals surface area (Å²) >= 11 is 34.4. The molecule has 0 atom stereocenters. The van der Waals surface area contributed by atoms with Gasteiger partial charge in [-0.25, -0.2) is 0 Å². The Hall–Kier alpha value is 0.960. The van der Waals surface area contributed by atoms with Crippen molar-refractivity contribution in [2.75, 3.05) is 0 Å². The van der Waals surface area contributed by atoms with Gasteiger partial charge in [-0.15, -0.1) is 0 Å². The molecule has 0 unspecified atom stereocenters. The SMILES string of the molecule is Clc1ccc(C(Cl)(Cl)C(Cl)(Cl)Cl)cc1. The van der Waals surface area contributed by atoms with Gasteiger partial charge in [-0.05, 0) is 17.7 Å². The first-order valence-electron chi connectivity index (χ1n) is 3.46. The van der Waals surface area contributed by atoms with Crippen LogP contribution in [0.15, 0.2) is 24.3 Å². The summed E-state index contributed by atoms with van der Waals surface area (Å²) in [5.41, 5.74) is 0.477. The quantitative estimate of drug-likeness (QED) is 0.614. The van der Waals surface area contributed by atoms with Gasteiger partial charge in [-0.3, -0.25) is 0 Å². The fourth-order valence-electron chi connectivity index (χ4n) is 0.823. The number of hydrogen-bond donors (Lipinski definition) is 0. The Morgan fingerprint density at radius 2 is 1.21 bits per heavy atom. The summed E-state index contributed by atoms with van der Waals surface area (Å²) < 4.78 is -3.40. The second-order valence-corrected chi connectivity index (χ2v) is 6.62. The third-order valence-electron chi connectivity index (χ3n) is 1.56. The predicted octanol–water partition coefficient (Wildman–Crippen LogP) is 5.34. The van der Waals surface area contributed by atoms with Gasteiger partial charge in [-0.1, -0.05) is 81.7 Å². The molecular formula is C8H4Cl6. The van der Waals surface area contributed by atoms with Crippen LogP contribution < -0.4 is 0 Å². The second-order valence-electron chi connectivity index (χ2n) is 2.58. The van der Waals surface area contributed by atoms with Crippen LogP contribution in [0.2, 0.25) is 5.02 Å². The van der Waals surface area contributed by atoms with Crippen molar-refractivity contribution in [2.45, 2.75) is 8.13 Å². The maximum Gasteiger partial charge on any atom is 0.227 e. The zero-order chi connectivity index (χ0) is 11.0. The highest BCUT2D eigenvalue weighted by atomic mass is 35.6. The lowest BCUT2D eigenvalue weighted by Gasteiger charge is -2.27. The molecule has 0 spiro atoms. The van der Waals surface area contributed by atoms with Crippen LogP contribution in [0, 0.1) is 0 Å². The fraction of sp³-hybridized carbons (Fsp3) is 0.250. The monoisotopic (exact) mass is 310 g/mol. The average Bonchev–Trinajstić information content (AvgIpc) is 2.03. The van der Waals surface area contributed by atoms with Crippen LogP contribution in [-0.4, -0.2) is 3.79 Å². The van der Waals surface area contributed by atoms with Crippen molar-refractivity contribution in [3.05, 3.63) is 34.9 Å².